The zero-order chi connectivity index (χ0) is 22.9. The first-order valence-electron chi connectivity index (χ1n) is 11.4. The molecule has 0 heterocycles. The minimum absolute atomic E-state index is 0.0279. The quantitative estimate of drug-likeness (QED) is 0.516. The van der Waals surface area contributed by atoms with Crippen LogP contribution in [0.5, 0.6) is 5.75 Å². The molecule has 0 radical (unpaired) electrons. The van der Waals surface area contributed by atoms with Gasteiger partial charge in [-0.1, -0.05) is 49.6 Å². The molecule has 1 aliphatic rings. The highest BCUT2D eigenvalue weighted by Gasteiger charge is 2.30. The molecule has 1 atom stereocenters. The standard InChI is InChI=1S/C26H34N2O3S/c1-4-24(26(30)27-21-7-5-6-8-21)28(17-20-11-13-22(31-3)14-12-20)25(29)18-32-23-15-9-19(2)10-16-23/h9-16,21,24H,4-8,17-18H2,1-3H3,(H,27,30)/t24-/m1/s1. The number of nitrogens with one attached hydrogen (secondary N) is 1. The molecular weight excluding hydrogens is 420 g/mol. The number of thioether (sulfide) groups is 1. The molecule has 5 nitrogen and oxygen atoms in total. The summed E-state index contributed by atoms with van der Waals surface area (Å²) in [5, 5.41) is 3.19. The summed E-state index contributed by atoms with van der Waals surface area (Å²) in [6.07, 6.45) is 4.94. The molecule has 1 saturated carbocycles. The highest BCUT2D eigenvalue weighted by atomic mass is 32.2. The maximum atomic E-state index is 13.4. The van der Waals surface area contributed by atoms with Gasteiger partial charge >= 0.3 is 0 Å². The summed E-state index contributed by atoms with van der Waals surface area (Å²) < 4.78 is 5.25. The number of ether oxygens (including phenoxy) is 1. The van der Waals surface area contributed by atoms with Crippen molar-refractivity contribution in [1.82, 2.24) is 10.2 Å². The zero-order valence-electron chi connectivity index (χ0n) is 19.3. The van der Waals surface area contributed by atoms with Crippen LogP contribution in [0.2, 0.25) is 0 Å². The molecule has 1 aliphatic carbocycles. The fourth-order valence-corrected chi connectivity index (χ4v) is 4.86. The van der Waals surface area contributed by atoms with Crippen molar-refractivity contribution in [2.75, 3.05) is 12.9 Å². The van der Waals surface area contributed by atoms with E-state index in [-0.39, 0.29) is 17.9 Å². The Morgan fingerprint density at radius 1 is 1.09 bits per heavy atom. The van der Waals surface area contributed by atoms with Crippen LogP contribution in [0.4, 0.5) is 0 Å². The Labute approximate surface area is 195 Å². The highest BCUT2D eigenvalue weighted by Crippen LogP contribution is 2.23. The van der Waals surface area contributed by atoms with Gasteiger partial charge in [-0.2, -0.15) is 0 Å². The normalized spacial score (nSPS) is 14.7. The lowest BCUT2D eigenvalue weighted by molar-refractivity contribution is -0.139. The molecule has 2 amide bonds. The number of carbonyl (C=O) groups excluding carboxylic acids is 2. The molecule has 3 rings (SSSR count). The lowest BCUT2D eigenvalue weighted by Crippen LogP contribution is -2.51. The predicted molar refractivity (Wildman–Crippen MR) is 130 cm³/mol. The smallest absolute Gasteiger partial charge is 0.243 e. The topological polar surface area (TPSA) is 58.6 Å². The van der Waals surface area contributed by atoms with Gasteiger partial charge in [0.25, 0.3) is 0 Å². The lowest BCUT2D eigenvalue weighted by atomic mass is 10.1. The largest absolute Gasteiger partial charge is 0.497 e. The molecule has 0 saturated heterocycles. The number of carbonyl (C=O) groups is 2. The third-order valence-corrected chi connectivity index (χ3v) is 6.98. The van der Waals surface area contributed by atoms with Crippen LogP contribution < -0.4 is 10.1 Å². The van der Waals surface area contributed by atoms with E-state index in [9.17, 15) is 9.59 Å². The Hall–Kier alpha value is -2.47. The first-order valence-corrected chi connectivity index (χ1v) is 12.4. The SMILES string of the molecule is CC[C@H](C(=O)NC1CCCC1)N(Cc1ccc(OC)cc1)C(=O)CSc1ccc(C)cc1. The molecule has 0 unspecified atom stereocenters. The third-order valence-electron chi connectivity index (χ3n) is 5.98. The zero-order valence-corrected chi connectivity index (χ0v) is 20.1. The van der Waals surface area contributed by atoms with Crippen LogP contribution in [-0.4, -0.2) is 41.7 Å². The van der Waals surface area contributed by atoms with Gasteiger partial charge in [0.2, 0.25) is 11.8 Å². The minimum atomic E-state index is -0.483. The first-order chi connectivity index (χ1) is 15.5. The number of methoxy groups -OCH3 is 1. The summed E-state index contributed by atoms with van der Waals surface area (Å²) in [5.74, 6) is 1.00. The highest BCUT2D eigenvalue weighted by molar-refractivity contribution is 8.00. The van der Waals surface area contributed by atoms with Crippen molar-refractivity contribution in [3.8, 4) is 5.75 Å². The van der Waals surface area contributed by atoms with Gasteiger partial charge in [0.15, 0.2) is 0 Å². The van der Waals surface area contributed by atoms with Crippen LogP contribution in [-0.2, 0) is 16.1 Å². The van der Waals surface area contributed by atoms with E-state index in [1.54, 1.807) is 12.0 Å². The Morgan fingerprint density at radius 2 is 1.75 bits per heavy atom. The fourth-order valence-electron chi connectivity index (χ4n) is 4.08. The number of benzene rings is 2. The average molecular weight is 455 g/mol. The van der Waals surface area contributed by atoms with Crippen molar-refractivity contribution >= 4 is 23.6 Å². The Morgan fingerprint density at radius 3 is 2.34 bits per heavy atom. The van der Waals surface area contributed by atoms with E-state index in [1.165, 1.54) is 17.3 Å². The molecule has 0 spiro atoms. The second-order valence-electron chi connectivity index (χ2n) is 8.39. The number of hydrogen-bond donors (Lipinski definition) is 1. The van der Waals surface area contributed by atoms with E-state index in [4.69, 9.17) is 4.74 Å². The summed E-state index contributed by atoms with van der Waals surface area (Å²) in [4.78, 5) is 29.3. The predicted octanol–water partition coefficient (Wildman–Crippen LogP) is 4.96. The fraction of sp³-hybridized carbons (Fsp3) is 0.462. The van der Waals surface area contributed by atoms with Crippen molar-refractivity contribution in [2.45, 2.75) is 69.5 Å². The monoisotopic (exact) mass is 454 g/mol. The van der Waals surface area contributed by atoms with Crippen LogP contribution in [0, 0.1) is 6.92 Å². The summed E-state index contributed by atoms with van der Waals surface area (Å²) in [6, 6.07) is 15.6. The van der Waals surface area contributed by atoms with Crippen LogP contribution in [0.1, 0.15) is 50.2 Å². The van der Waals surface area contributed by atoms with Gasteiger partial charge < -0.3 is 15.0 Å². The maximum Gasteiger partial charge on any atom is 0.243 e. The van der Waals surface area contributed by atoms with Gasteiger partial charge in [-0.15, -0.1) is 11.8 Å². The summed E-state index contributed by atoms with van der Waals surface area (Å²) in [5.41, 5.74) is 2.17. The van der Waals surface area contributed by atoms with Gasteiger partial charge in [0.05, 0.1) is 12.9 Å². The molecule has 6 heteroatoms. The number of hydrogen-bond acceptors (Lipinski definition) is 4. The number of nitrogens with zero attached hydrogens (tertiary/aromatic N) is 1. The second-order valence-corrected chi connectivity index (χ2v) is 9.43. The molecule has 0 bridgehead atoms. The van der Waals surface area contributed by atoms with Crippen molar-refractivity contribution in [2.24, 2.45) is 0 Å². The Balaban J connectivity index is 1.74. The number of aryl methyl sites for hydroxylation is 1. The first kappa shape index (κ1) is 24.2. The van der Waals surface area contributed by atoms with Crippen LogP contribution >= 0.6 is 11.8 Å². The van der Waals surface area contributed by atoms with Crippen LogP contribution in [0.25, 0.3) is 0 Å². The molecule has 0 aromatic heterocycles. The second kappa shape index (κ2) is 12.0. The summed E-state index contributed by atoms with van der Waals surface area (Å²) in [6.45, 7) is 4.42. The van der Waals surface area contributed by atoms with Gasteiger partial charge in [-0.25, -0.2) is 0 Å². The molecule has 0 aliphatic heterocycles. The van der Waals surface area contributed by atoms with E-state index in [2.05, 4.69) is 5.32 Å². The molecule has 32 heavy (non-hydrogen) atoms. The van der Waals surface area contributed by atoms with Gasteiger partial charge in [-0.3, -0.25) is 9.59 Å². The third kappa shape index (κ3) is 6.76. The molecule has 2 aromatic rings. The molecule has 1 fully saturated rings. The van der Waals surface area contributed by atoms with Gasteiger partial charge in [-0.05, 0) is 56.0 Å². The van der Waals surface area contributed by atoms with Crippen molar-refractivity contribution in [3.63, 3.8) is 0 Å². The summed E-state index contributed by atoms with van der Waals surface area (Å²) >= 11 is 1.51. The maximum absolute atomic E-state index is 13.4. The van der Waals surface area contributed by atoms with E-state index >= 15 is 0 Å². The van der Waals surface area contributed by atoms with E-state index < -0.39 is 6.04 Å². The van der Waals surface area contributed by atoms with E-state index in [1.807, 2.05) is 62.4 Å². The lowest BCUT2D eigenvalue weighted by Gasteiger charge is -2.31. The van der Waals surface area contributed by atoms with Gasteiger partial charge in [0.1, 0.15) is 11.8 Å². The Kier molecular flexibility index (Phi) is 9.03. The Bertz CT molecular complexity index is 877. The van der Waals surface area contributed by atoms with Crippen LogP contribution in [0.3, 0.4) is 0 Å². The van der Waals surface area contributed by atoms with Crippen molar-refractivity contribution < 1.29 is 14.3 Å². The molecular formula is C26H34N2O3S. The van der Waals surface area contributed by atoms with Crippen molar-refractivity contribution in [1.29, 1.82) is 0 Å². The summed E-state index contributed by atoms with van der Waals surface area (Å²) in [7, 11) is 1.63. The minimum Gasteiger partial charge on any atom is -0.497 e. The number of rotatable bonds is 10. The van der Waals surface area contributed by atoms with Crippen molar-refractivity contribution in [3.05, 3.63) is 59.7 Å². The van der Waals surface area contributed by atoms with E-state index in [0.717, 1.165) is 41.9 Å². The average Bonchev–Trinajstić information content (AvgIpc) is 3.31. The molecule has 172 valence electrons. The van der Waals surface area contributed by atoms with Gasteiger partial charge in [0, 0.05) is 17.5 Å². The number of amides is 2. The van der Waals surface area contributed by atoms with E-state index in [0.29, 0.717) is 18.7 Å². The van der Waals surface area contributed by atoms with Crippen LogP contribution in [0.15, 0.2) is 53.4 Å². The molecule has 1 N–H and O–H groups in total. The molecule has 2 aromatic carbocycles.